The molecule has 1 fully saturated rings. The van der Waals surface area contributed by atoms with Gasteiger partial charge in [-0.2, -0.15) is 0 Å². The number of ketones is 1. The summed E-state index contributed by atoms with van der Waals surface area (Å²) in [4.78, 5) is 15.0. The van der Waals surface area contributed by atoms with Crippen molar-refractivity contribution in [3.63, 3.8) is 0 Å². The number of nitrogen functional groups attached to an aromatic ring is 1. The van der Waals surface area contributed by atoms with E-state index in [0.717, 1.165) is 30.9 Å². The molecule has 0 radical (unpaired) electrons. The molecule has 0 spiro atoms. The predicted octanol–water partition coefficient (Wildman–Crippen LogP) is 2.78. The second-order valence-corrected chi connectivity index (χ2v) is 5.49. The molecule has 0 unspecified atom stereocenters. The molecule has 1 aromatic heterocycles. The zero-order valence-electron chi connectivity index (χ0n) is 11.2. The van der Waals surface area contributed by atoms with E-state index in [-0.39, 0.29) is 11.7 Å². The zero-order chi connectivity index (χ0) is 13.3. The molecule has 1 saturated carbocycles. The molecule has 0 bridgehead atoms. The van der Waals surface area contributed by atoms with Crippen LogP contribution in [0, 0.1) is 5.92 Å². The maximum absolute atomic E-state index is 12.2. The number of methoxy groups -OCH3 is 1. The summed E-state index contributed by atoms with van der Waals surface area (Å²) in [5, 5.41) is 0.976. The fourth-order valence-electron chi connectivity index (χ4n) is 2.05. The second kappa shape index (κ2) is 5.18. The van der Waals surface area contributed by atoms with Crippen molar-refractivity contribution in [3.8, 4) is 5.75 Å². The molecular formula is C13H20N2O2S. The monoisotopic (exact) mass is 268 g/mol. The van der Waals surface area contributed by atoms with Crippen molar-refractivity contribution in [2.24, 2.45) is 5.92 Å². The summed E-state index contributed by atoms with van der Waals surface area (Å²) < 4.78 is 5.38. The molecule has 5 heteroatoms. The number of carbonyl (C=O) groups excluding carboxylic acids is 1. The van der Waals surface area contributed by atoms with Crippen LogP contribution < -0.4 is 15.4 Å². The van der Waals surface area contributed by atoms with E-state index in [1.165, 1.54) is 11.3 Å². The number of thiophene rings is 1. The molecule has 4 nitrogen and oxygen atoms in total. The minimum atomic E-state index is 0.189. The number of nitrogens with two attached hydrogens (primary N) is 1. The van der Waals surface area contributed by atoms with Gasteiger partial charge in [0.1, 0.15) is 5.00 Å². The normalized spacial score (nSPS) is 14.6. The van der Waals surface area contributed by atoms with E-state index in [1.54, 1.807) is 7.11 Å². The van der Waals surface area contributed by atoms with Gasteiger partial charge in [0.25, 0.3) is 0 Å². The van der Waals surface area contributed by atoms with Gasteiger partial charge in [0.15, 0.2) is 11.5 Å². The van der Waals surface area contributed by atoms with Crippen LogP contribution >= 0.6 is 11.3 Å². The van der Waals surface area contributed by atoms with Gasteiger partial charge in [-0.15, -0.1) is 11.3 Å². The highest BCUT2D eigenvalue weighted by molar-refractivity contribution is 7.19. The molecule has 1 aliphatic carbocycles. The molecule has 1 heterocycles. The molecule has 100 valence electrons. The van der Waals surface area contributed by atoms with Crippen molar-refractivity contribution in [2.45, 2.75) is 26.7 Å². The van der Waals surface area contributed by atoms with E-state index in [1.807, 2.05) is 0 Å². The molecule has 1 aromatic rings. The summed E-state index contributed by atoms with van der Waals surface area (Å²) >= 11 is 1.47. The standard InChI is InChI=1S/C13H20N2O2S/c1-4-15(5-2)13-11(17-3)9(14)12(18-13)10(16)8-6-7-8/h8H,4-7,14H2,1-3H3. The second-order valence-electron chi connectivity index (χ2n) is 4.49. The van der Waals surface area contributed by atoms with Gasteiger partial charge in [-0.1, -0.05) is 0 Å². The Balaban J connectivity index is 2.40. The van der Waals surface area contributed by atoms with Gasteiger partial charge in [-0.3, -0.25) is 4.79 Å². The van der Waals surface area contributed by atoms with Crippen LogP contribution in [0.3, 0.4) is 0 Å². The lowest BCUT2D eigenvalue weighted by Gasteiger charge is -2.19. The van der Waals surface area contributed by atoms with Crippen LogP contribution in [0.1, 0.15) is 36.4 Å². The smallest absolute Gasteiger partial charge is 0.178 e. The van der Waals surface area contributed by atoms with Gasteiger partial charge in [-0.05, 0) is 26.7 Å². The highest BCUT2D eigenvalue weighted by atomic mass is 32.1. The van der Waals surface area contributed by atoms with Crippen LogP contribution in [0.5, 0.6) is 5.75 Å². The number of rotatable bonds is 6. The Kier molecular flexibility index (Phi) is 3.80. The molecule has 0 amide bonds. The third-order valence-electron chi connectivity index (χ3n) is 3.31. The largest absolute Gasteiger partial charge is 0.492 e. The van der Waals surface area contributed by atoms with Crippen molar-refractivity contribution < 1.29 is 9.53 Å². The molecule has 0 atom stereocenters. The first-order chi connectivity index (χ1) is 8.63. The van der Waals surface area contributed by atoms with E-state index in [4.69, 9.17) is 10.5 Å². The van der Waals surface area contributed by atoms with Gasteiger partial charge in [-0.25, -0.2) is 0 Å². The van der Waals surface area contributed by atoms with Crippen molar-refractivity contribution in [3.05, 3.63) is 4.88 Å². The molecule has 1 aliphatic rings. The lowest BCUT2D eigenvalue weighted by Crippen LogP contribution is -2.21. The van der Waals surface area contributed by atoms with Crippen molar-refractivity contribution in [2.75, 3.05) is 30.8 Å². The zero-order valence-corrected chi connectivity index (χ0v) is 12.0. The summed E-state index contributed by atoms with van der Waals surface area (Å²) in [5.41, 5.74) is 6.58. The number of anilines is 2. The minimum Gasteiger partial charge on any atom is -0.492 e. The summed E-state index contributed by atoms with van der Waals surface area (Å²) in [7, 11) is 1.61. The maximum atomic E-state index is 12.2. The molecule has 0 aromatic carbocycles. The van der Waals surface area contributed by atoms with Crippen LogP contribution in [0.4, 0.5) is 10.7 Å². The molecule has 18 heavy (non-hydrogen) atoms. The number of hydrogen-bond acceptors (Lipinski definition) is 5. The van der Waals surface area contributed by atoms with Crippen molar-refractivity contribution >= 4 is 27.8 Å². The lowest BCUT2D eigenvalue weighted by molar-refractivity contribution is 0.0972. The van der Waals surface area contributed by atoms with Gasteiger partial charge in [0.2, 0.25) is 0 Å². The first-order valence-corrected chi connectivity index (χ1v) is 7.21. The Hall–Kier alpha value is -1.23. The Morgan fingerprint density at radius 3 is 2.50 bits per heavy atom. The highest BCUT2D eigenvalue weighted by Gasteiger charge is 2.34. The fourth-order valence-corrected chi connectivity index (χ4v) is 3.38. The first kappa shape index (κ1) is 13.2. The predicted molar refractivity (Wildman–Crippen MR) is 75.9 cm³/mol. The highest BCUT2D eigenvalue weighted by Crippen LogP contribution is 2.47. The third kappa shape index (κ3) is 2.19. The number of ether oxygens (including phenoxy) is 1. The SMILES string of the molecule is CCN(CC)c1sc(C(=O)C2CC2)c(N)c1OC. The average Bonchev–Trinajstić information content (AvgIpc) is 3.16. The van der Waals surface area contributed by atoms with Gasteiger partial charge < -0.3 is 15.4 Å². The summed E-state index contributed by atoms with van der Waals surface area (Å²) in [5.74, 6) is 1.04. The fraction of sp³-hybridized carbons (Fsp3) is 0.615. The third-order valence-corrected chi connectivity index (χ3v) is 4.57. The van der Waals surface area contributed by atoms with Crippen LogP contribution in [-0.2, 0) is 0 Å². The van der Waals surface area contributed by atoms with E-state index < -0.39 is 0 Å². The quantitative estimate of drug-likeness (QED) is 0.806. The number of nitrogens with zero attached hydrogens (tertiary/aromatic N) is 1. The van der Waals surface area contributed by atoms with Crippen LogP contribution in [0.25, 0.3) is 0 Å². The average molecular weight is 268 g/mol. The summed E-state index contributed by atoms with van der Waals surface area (Å²) in [6, 6.07) is 0. The van der Waals surface area contributed by atoms with Crippen molar-refractivity contribution in [1.82, 2.24) is 0 Å². The Labute approximate surface area is 112 Å². The van der Waals surface area contributed by atoms with Crippen molar-refractivity contribution in [1.29, 1.82) is 0 Å². The van der Waals surface area contributed by atoms with Gasteiger partial charge in [0, 0.05) is 19.0 Å². The van der Waals surface area contributed by atoms with E-state index >= 15 is 0 Å². The molecule has 0 saturated heterocycles. The van der Waals surface area contributed by atoms with Gasteiger partial charge >= 0.3 is 0 Å². The van der Waals surface area contributed by atoms with Crippen LogP contribution in [0.15, 0.2) is 0 Å². The number of carbonyl (C=O) groups is 1. The lowest BCUT2D eigenvalue weighted by atomic mass is 10.2. The Morgan fingerprint density at radius 2 is 2.06 bits per heavy atom. The molecule has 2 N–H and O–H groups in total. The molecule has 2 rings (SSSR count). The topological polar surface area (TPSA) is 55.6 Å². The maximum Gasteiger partial charge on any atom is 0.178 e. The Morgan fingerprint density at radius 1 is 1.44 bits per heavy atom. The molecular weight excluding hydrogens is 248 g/mol. The summed E-state index contributed by atoms with van der Waals surface area (Å²) in [6.45, 7) is 5.93. The minimum absolute atomic E-state index is 0.189. The Bertz CT molecular complexity index is 448. The van der Waals surface area contributed by atoms with E-state index in [9.17, 15) is 4.79 Å². The van der Waals surface area contributed by atoms with Crippen LogP contribution in [-0.4, -0.2) is 26.0 Å². The number of hydrogen-bond donors (Lipinski definition) is 1. The van der Waals surface area contributed by atoms with Crippen LogP contribution in [0.2, 0.25) is 0 Å². The molecule has 0 aliphatic heterocycles. The van der Waals surface area contributed by atoms with E-state index in [0.29, 0.717) is 16.3 Å². The van der Waals surface area contributed by atoms with E-state index in [2.05, 4.69) is 18.7 Å². The summed E-state index contributed by atoms with van der Waals surface area (Å²) in [6.07, 6.45) is 2.00. The van der Waals surface area contributed by atoms with Gasteiger partial charge in [0.05, 0.1) is 17.7 Å². The first-order valence-electron chi connectivity index (χ1n) is 6.39. The number of Topliss-reactive ketones (excluding diaryl/α,β-unsaturated/α-hetero) is 1.